The number of hydrogen-bond donors (Lipinski definition) is 0. The molecule has 1 fully saturated rings. The van der Waals surface area contributed by atoms with Crippen LogP contribution >= 0.6 is 15.9 Å². The maximum Gasteiger partial charge on any atom is 0.309 e. The van der Waals surface area contributed by atoms with Crippen molar-refractivity contribution in [2.75, 3.05) is 5.33 Å². The first kappa shape index (κ1) is 10.0. The molecule has 1 aliphatic rings. The van der Waals surface area contributed by atoms with Gasteiger partial charge in [0.1, 0.15) is 5.60 Å². The fourth-order valence-electron chi connectivity index (χ4n) is 1.62. The summed E-state index contributed by atoms with van der Waals surface area (Å²) in [5.74, 6) is 0.124. The van der Waals surface area contributed by atoms with Crippen molar-refractivity contribution in [3.63, 3.8) is 0 Å². The minimum absolute atomic E-state index is 0.0130. The summed E-state index contributed by atoms with van der Waals surface area (Å²) in [5, 5.41) is 0.969. The van der Waals surface area contributed by atoms with Crippen molar-refractivity contribution >= 4 is 21.9 Å². The van der Waals surface area contributed by atoms with Gasteiger partial charge in [0.2, 0.25) is 0 Å². The monoisotopic (exact) mass is 234 g/mol. The number of carbonyl (C=O) groups is 1. The average Bonchev–Trinajstić information content (AvgIpc) is 2.20. The van der Waals surface area contributed by atoms with Crippen molar-refractivity contribution in [3.8, 4) is 0 Å². The molecule has 0 aromatic rings. The van der Waals surface area contributed by atoms with Crippen LogP contribution in [0.3, 0.4) is 0 Å². The molecule has 1 aliphatic heterocycles. The van der Waals surface area contributed by atoms with Gasteiger partial charge in [-0.2, -0.15) is 0 Å². The summed E-state index contributed by atoms with van der Waals surface area (Å²) in [6.45, 7) is 3.94. The van der Waals surface area contributed by atoms with Gasteiger partial charge < -0.3 is 4.74 Å². The normalized spacial score (nSPS) is 27.2. The van der Waals surface area contributed by atoms with E-state index in [0.717, 1.165) is 24.6 Å². The van der Waals surface area contributed by atoms with Crippen LogP contribution in [0.5, 0.6) is 0 Å². The zero-order valence-corrected chi connectivity index (χ0v) is 9.19. The summed E-state index contributed by atoms with van der Waals surface area (Å²) in [5.41, 5.74) is -0.228. The molecule has 3 heteroatoms. The molecule has 0 spiro atoms. The van der Waals surface area contributed by atoms with Gasteiger partial charge in [0.05, 0.1) is 5.92 Å². The Morgan fingerprint density at radius 1 is 1.67 bits per heavy atom. The van der Waals surface area contributed by atoms with Gasteiger partial charge in [-0.05, 0) is 33.1 Å². The van der Waals surface area contributed by atoms with Crippen LogP contribution in [0.15, 0.2) is 0 Å². The summed E-state index contributed by atoms with van der Waals surface area (Å²) in [6, 6.07) is 0. The molecule has 1 unspecified atom stereocenters. The number of carbonyl (C=O) groups excluding carboxylic acids is 1. The number of hydrogen-bond acceptors (Lipinski definition) is 2. The lowest BCUT2D eigenvalue weighted by atomic mass is 9.94. The maximum absolute atomic E-state index is 11.3. The Morgan fingerprint density at radius 3 is 2.75 bits per heavy atom. The quantitative estimate of drug-likeness (QED) is 0.555. The number of rotatable bonds is 3. The second kappa shape index (κ2) is 3.77. The molecule has 0 aliphatic carbocycles. The second-order valence-electron chi connectivity index (χ2n) is 3.91. The predicted octanol–water partition coefficient (Wildman–Crippen LogP) is 2.50. The molecule has 1 rings (SSSR count). The van der Waals surface area contributed by atoms with Crippen molar-refractivity contribution in [1.29, 1.82) is 0 Å². The lowest BCUT2D eigenvalue weighted by molar-refractivity contribution is -0.148. The molecule has 0 N–H and O–H groups in total. The maximum atomic E-state index is 11.3. The highest BCUT2D eigenvalue weighted by atomic mass is 79.9. The van der Waals surface area contributed by atoms with E-state index in [9.17, 15) is 4.79 Å². The van der Waals surface area contributed by atoms with Gasteiger partial charge in [-0.1, -0.05) is 15.9 Å². The van der Waals surface area contributed by atoms with E-state index >= 15 is 0 Å². The second-order valence-corrected chi connectivity index (χ2v) is 4.71. The molecule has 0 radical (unpaired) electrons. The van der Waals surface area contributed by atoms with E-state index in [1.807, 2.05) is 13.8 Å². The average molecular weight is 235 g/mol. The molecule has 1 saturated heterocycles. The summed E-state index contributed by atoms with van der Waals surface area (Å²) in [7, 11) is 0. The SMILES string of the molecule is CC1(C)CC(CCCBr)C(=O)O1. The Labute approximate surface area is 81.8 Å². The van der Waals surface area contributed by atoms with Crippen molar-refractivity contribution in [2.45, 2.75) is 38.7 Å². The zero-order chi connectivity index (χ0) is 9.19. The number of cyclic esters (lactones) is 1. The van der Waals surface area contributed by atoms with Crippen molar-refractivity contribution in [3.05, 3.63) is 0 Å². The molecule has 0 amide bonds. The van der Waals surface area contributed by atoms with Crippen molar-refractivity contribution in [1.82, 2.24) is 0 Å². The highest BCUT2D eigenvalue weighted by Gasteiger charge is 2.39. The molecule has 0 saturated carbocycles. The summed E-state index contributed by atoms with van der Waals surface area (Å²) >= 11 is 3.35. The number of esters is 1. The van der Waals surface area contributed by atoms with Crippen LogP contribution in [0.1, 0.15) is 33.1 Å². The van der Waals surface area contributed by atoms with E-state index < -0.39 is 0 Å². The summed E-state index contributed by atoms with van der Waals surface area (Å²) in [6.07, 6.45) is 2.88. The minimum atomic E-state index is -0.228. The van der Waals surface area contributed by atoms with Crippen LogP contribution in [0.25, 0.3) is 0 Å². The third-order valence-electron chi connectivity index (χ3n) is 2.13. The molecule has 0 bridgehead atoms. The first-order valence-corrected chi connectivity index (χ1v) is 5.46. The molecule has 12 heavy (non-hydrogen) atoms. The van der Waals surface area contributed by atoms with Gasteiger partial charge in [-0.3, -0.25) is 4.79 Å². The molecule has 0 aromatic carbocycles. The Morgan fingerprint density at radius 2 is 2.33 bits per heavy atom. The van der Waals surface area contributed by atoms with E-state index in [1.165, 1.54) is 0 Å². The van der Waals surface area contributed by atoms with Gasteiger partial charge in [0.25, 0.3) is 0 Å². The van der Waals surface area contributed by atoms with Gasteiger partial charge in [-0.25, -0.2) is 0 Å². The third-order valence-corrected chi connectivity index (χ3v) is 2.70. The Kier molecular flexibility index (Phi) is 3.16. The fraction of sp³-hybridized carbons (Fsp3) is 0.889. The first-order valence-electron chi connectivity index (χ1n) is 4.34. The van der Waals surface area contributed by atoms with Crippen LogP contribution in [-0.4, -0.2) is 16.9 Å². The highest BCUT2D eigenvalue weighted by molar-refractivity contribution is 9.09. The molecule has 0 aromatic heterocycles. The van der Waals surface area contributed by atoms with Crippen LogP contribution in [-0.2, 0) is 9.53 Å². The standard InChI is InChI=1S/C9H15BrO2/c1-9(2)6-7(4-3-5-10)8(11)12-9/h7H,3-6H2,1-2H3. The van der Waals surface area contributed by atoms with Gasteiger partial charge >= 0.3 is 5.97 Å². The predicted molar refractivity (Wildman–Crippen MR) is 51.3 cm³/mol. The van der Waals surface area contributed by atoms with Crippen molar-refractivity contribution < 1.29 is 9.53 Å². The van der Waals surface area contributed by atoms with Crippen molar-refractivity contribution in [2.24, 2.45) is 5.92 Å². The van der Waals surface area contributed by atoms with Crippen LogP contribution < -0.4 is 0 Å². The van der Waals surface area contributed by atoms with E-state index in [0.29, 0.717) is 0 Å². The Balaban J connectivity index is 2.42. The molecular formula is C9H15BrO2. The van der Waals surface area contributed by atoms with E-state index in [2.05, 4.69) is 15.9 Å². The number of alkyl halides is 1. The lowest BCUT2D eigenvalue weighted by Crippen LogP contribution is -2.17. The van der Waals surface area contributed by atoms with Crippen LogP contribution in [0.4, 0.5) is 0 Å². The van der Waals surface area contributed by atoms with E-state index in [1.54, 1.807) is 0 Å². The topological polar surface area (TPSA) is 26.3 Å². The molecule has 1 atom stereocenters. The van der Waals surface area contributed by atoms with E-state index in [-0.39, 0.29) is 17.5 Å². The minimum Gasteiger partial charge on any atom is -0.459 e. The number of halogens is 1. The Hall–Kier alpha value is -0.0500. The Bertz CT molecular complexity index is 177. The lowest BCUT2D eigenvalue weighted by Gasteiger charge is -2.14. The molecule has 70 valence electrons. The fourth-order valence-corrected chi connectivity index (χ4v) is 1.94. The van der Waals surface area contributed by atoms with E-state index in [4.69, 9.17) is 4.74 Å². The largest absolute Gasteiger partial charge is 0.459 e. The van der Waals surface area contributed by atoms with Crippen LogP contribution in [0.2, 0.25) is 0 Å². The number of ether oxygens (including phenoxy) is 1. The smallest absolute Gasteiger partial charge is 0.309 e. The summed E-state index contributed by atoms with van der Waals surface area (Å²) < 4.78 is 5.20. The molecular weight excluding hydrogens is 220 g/mol. The molecule has 2 nitrogen and oxygen atoms in total. The highest BCUT2D eigenvalue weighted by Crippen LogP contribution is 2.32. The first-order chi connectivity index (χ1) is 5.55. The van der Waals surface area contributed by atoms with Gasteiger partial charge in [-0.15, -0.1) is 0 Å². The van der Waals surface area contributed by atoms with Crippen LogP contribution in [0, 0.1) is 5.92 Å². The third kappa shape index (κ3) is 2.47. The van der Waals surface area contributed by atoms with Gasteiger partial charge in [0, 0.05) is 5.33 Å². The van der Waals surface area contributed by atoms with Gasteiger partial charge in [0.15, 0.2) is 0 Å². The summed E-state index contributed by atoms with van der Waals surface area (Å²) in [4.78, 5) is 11.3. The molecule has 1 heterocycles. The zero-order valence-electron chi connectivity index (χ0n) is 7.60.